The van der Waals surface area contributed by atoms with Crippen molar-refractivity contribution < 1.29 is 9.18 Å². The van der Waals surface area contributed by atoms with Crippen LogP contribution in [0.25, 0.3) is 0 Å². The first-order valence-corrected chi connectivity index (χ1v) is 8.63. The smallest absolute Gasteiger partial charge is 0.247 e. The van der Waals surface area contributed by atoms with Gasteiger partial charge in [-0.2, -0.15) is 4.99 Å². The maximum atomic E-state index is 12.9. The highest BCUT2D eigenvalue weighted by Gasteiger charge is 2.03. The Morgan fingerprint density at radius 3 is 2.38 bits per heavy atom. The van der Waals surface area contributed by atoms with E-state index in [9.17, 15) is 9.18 Å². The molecule has 3 nitrogen and oxygen atoms in total. The molecule has 1 amide bonds. The van der Waals surface area contributed by atoms with Gasteiger partial charge < -0.3 is 4.57 Å². The molecule has 3 aromatic rings. The predicted molar refractivity (Wildman–Crippen MR) is 100 cm³/mol. The third-order valence-electron chi connectivity index (χ3n) is 4.17. The summed E-state index contributed by atoms with van der Waals surface area (Å²) in [7, 11) is 0. The molecule has 0 spiro atoms. The number of aromatic nitrogens is 1. The van der Waals surface area contributed by atoms with Gasteiger partial charge in [0, 0.05) is 19.2 Å². The second-order valence-corrected chi connectivity index (χ2v) is 6.30. The maximum Gasteiger partial charge on any atom is 0.247 e. The second-order valence-electron chi connectivity index (χ2n) is 6.30. The van der Waals surface area contributed by atoms with Crippen LogP contribution in [0.5, 0.6) is 0 Å². The summed E-state index contributed by atoms with van der Waals surface area (Å²) in [6.07, 6.45) is 2.77. The van der Waals surface area contributed by atoms with Crippen molar-refractivity contribution >= 4 is 5.91 Å². The molecule has 0 fully saturated rings. The van der Waals surface area contributed by atoms with Crippen LogP contribution < -0.4 is 5.49 Å². The van der Waals surface area contributed by atoms with Crippen molar-refractivity contribution in [2.24, 2.45) is 4.99 Å². The maximum absolute atomic E-state index is 12.9. The largest absolute Gasteiger partial charge is 0.329 e. The van der Waals surface area contributed by atoms with E-state index < -0.39 is 0 Å². The van der Waals surface area contributed by atoms with E-state index in [-0.39, 0.29) is 11.7 Å². The monoisotopic (exact) mass is 348 g/mol. The van der Waals surface area contributed by atoms with Crippen LogP contribution in [-0.2, 0) is 17.8 Å². The van der Waals surface area contributed by atoms with Crippen LogP contribution in [0.3, 0.4) is 0 Å². The van der Waals surface area contributed by atoms with Gasteiger partial charge in [0.1, 0.15) is 11.3 Å². The Morgan fingerprint density at radius 1 is 0.962 bits per heavy atom. The Kier molecular flexibility index (Phi) is 5.74. The Bertz CT molecular complexity index is 941. The number of aryl methyl sites for hydroxylation is 2. The van der Waals surface area contributed by atoms with Gasteiger partial charge in [-0.05, 0) is 48.7 Å². The van der Waals surface area contributed by atoms with E-state index in [4.69, 9.17) is 0 Å². The van der Waals surface area contributed by atoms with Gasteiger partial charge in [-0.3, -0.25) is 4.79 Å². The molecule has 0 saturated heterocycles. The topological polar surface area (TPSA) is 34.4 Å². The van der Waals surface area contributed by atoms with Gasteiger partial charge in [0.25, 0.3) is 0 Å². The number of hydrogen-bond acceptors (Lipinski definition) is 1. The van der Waals surface area contributed by atoms with E-state index in [0.29, 0.717) is 24.9 Å². The SMILES string of the molecule is Cc1ccc(Cn2ccccc2=NC(=O)CCc2ccc(F)cc2)cc1. The van der Waals surface area contributed by atoms with Crippen LogP contribution >= 0.6 is 0 Å². The minimum Gasteiger partial charge on any atom is -0.329 e. The number of halogens is 1. The third kappa shape index (κ3) is 4.99. The summed E-state index contributed by atoms with van der Waals surface area (Å²) in [5.41, 5.74) is 3.93. The molecule has 0 saturated carbocycles. The first kappa shape index (κ1) is 17.8. The molecule has 1 aromatic heterocycles. The Morgan fingerprint density at radius 2 is 1.65 bits per heavy atom. The average Bonchev–Trinajstić information content (AvgIpc) is 2.65. The van der Waals surface area contributed by atoms with Crippen LogP contribution in [-0.4, -0.2) is 10.5 Å². The van der Waals surface area contributed by atoms with E-state index in [1.165, 1.54) is 17.7 Å². The molecule has 26 heavy (non-hydrogen) atoms. The van der Waals surface area contributed by atoms with Crippen LogP contribution in [0, 0.1) is 12.7 Å². The van der Waals surface area contributed by atoms with Crippen molar-refractivity contribution in [3.8, 4) is 0 Å². The first-order chi connectivity index (χ1) is 12.6. The first-order valence-electron chi connectivity index (χ1n) is 8.63. The molecule has 0 bridgehead atoms. The normalized spacial score (nSPS) is 11.5. The van der Waals surface area contributed by atoms with Gasteiger partial charge in [-0.25, -0.2) is 4.39 Å². The van der Waals surface area contributed by atoms with Gasteiger partial charge in [0.2, 0.25) is 5.91 Å². The molecule has 0 aliphatic heterocycles. The molecule has 2 aromatic carbocycles. The van der Waals surface area contributed by atoms with Crippen molar-refractivity contribution in [2.45, 2.75) is 26.3 Å². The van der Waals surface area contributed by atoms with E-state index in [0.717, 1.165) is 11.1 Å². The summed E-state index contributed by atoms with van der Waals surface area (Å²) >= 11 is 0. The molecule has 0 aliphatic carbocycles. The molecule has 0 unspecified atom stereocenters. The second kappa shape index (κ2) is 8.39. The van der Waals surface area contributed by atoms with Crippen LogP contribution in [0.2, 0.25) is 0 Å². The van der Waals surface area contributed by atoms with E-state index in [2.05, 4.69) is 36.2 Å². The highest BCUT2D eigenvalue weighted by molar-refractivity contribution is 5.77. The van der Waals surface area contributed by atoms with Gasteiger partial charge in [0.05, 0.1) is 0 Å². The van der Waals surface area contributed by atoms with Gasteiger partial charge in [0.15, 0.2) is 0 Å². The lowest BCUT2D eigenvalue weighted by Crippen LogP contribution is -2.22. The lowest BCUT2D eigenvalue weighted by Gasteiger charge is -2.08. The number of benzene rings is 2. The van der Waals surface area contributed by atoms with Gasteiger partial charge in [-0.1, -0.05) is 48.0 Å². The molecule has 4 heteroatoms. The number of rotatable bonds is 5. The minimum absolute atomic E-state index is 0.182. The fourth-order valence-corrected chi connectivity index (χ4v) is 2.68. The van der Waals surface area contributed by atoms with Crippen LogP contribution in [0.1, 0.15) is 23.1 Å². The van der Waals surface area contributed by atoms with Gasteiger partial charge >= 0.3 is 0 Å². The summed E-state index contributed by atoms with van der Waals surface area (Å²) < 4.78 is 14.9. The predicted octanol–water partition coefficient (Wildman–Crippen LogP) is 4.04. The standard InChI is InChI=1S/C22H21FN2O/c1-17-5-7-19(8-6-17)16-25-15-3-2-4-21(25)24-22(26)14-11-18-9-12-20(23)13-10-18/h2-10,12-13,15H,11,14,16H2,1H3. The summed E-state index contributed by atoms with van der Waals surface area (Å²) in [6, 6.07) is 20.1. The Labute approximate surface area is 152 Å². The summed E-state index contributed by atoms with van der Waals surface area (Å²) in [4.78, 5) is 16.5. The fourth-order valence-electron chi connectivity index (χ4n) is 2.68. The van der Waals surface area contributed by atoms with Crippen molar-refractivity contribution in [1.29, 1.82) is 0 Å². The quantitative estimate of drug-likeness (QED) is 0.685. The summed E-state index contributed by atoms with van der Waals surface area (Å²) in [5.74, 6) is -0.454. The zero-order valence-electron chi connectivity index (χ0n) is 14.7. The van der Waals surface area contributed by atoms with E-state index in [1.54, 1.807) is 12.1 Å². The van der Waals surface area contributed by atoms with Crippen molar-refractivity contribution in [3.63, 3.8) is 0 Å². The van der Waals surface area contributed by atoms with Gasteiger partial charge in [-0.15, -0.1) is 0 Å². The number of nitrogens with zero attached hydrogens (tertiary/aromatic N) is 2. The van der Waals surface area contributed by atoms with Crippen molar-refractivity contribution in [1.82, 2.24) is 4.57 Å². The summed E-state index contributed by atoms with van der Waals surface area (Å²) in [5, 5.41) is 0. The highest BCUT2D eigenvalue weighted by Crippen LogP contribution is 2.06. The van der Waals surface area contributed by atoms with Crippen molar-refractivity contribution in [3.05, 3.63) is 101 Å². The molecular weight excluding hydrogens is 327 g/mol. The Balaban J connectivity index is 1.72. The zero-order chi connectivity index (χ0) is 18.4. The van der Waals surface area contributed by atoms with Crippen LogP contribution in [0.4, 0.5) is 4.39 Å². The number of carbonyl (C=O) groups is 1. The molecule has 132 valence electrons. The molecule has 0 atom stereocenters. The molecule has 0 N–H and O–H groups in total. The zero-order valence-corrected chi connectivity index (χ0v) is 14.7. The lowest BCUT2D eigenvalue weighted by molar-refractivity contribution is -0.118. The summed E-state index contributed by atoms with van der Waals surface area (Å²) in [6.45, 7) is 2.71. The number of carbonyl (C=O) groups excluding carboxylic acids is 1. The average molecular weight is 348 g/mol. The third-order valence-corrected chi connectivity index (χ3v) is 4.17. The van der Waals surface area contributed by atoms with E-state index in [1.807, 2.05) is 29.0 Å². The van der Waals surface area contributed by atoms with Crippen LogP contribution in [0.15, 0.2) is 77.9 Å². The molecule has 0 radical (unpaired) electrons. The highest BCUT2D eigenvalue weighted by atomic mass is 19.1. The number of hydrogen-bond donors (Lipinski definition) is 0. The number of amides is 1. The molecule has 1 heterocycles. The van der Waals surface area contributed by atoms with Crippen molar-refractivity contribution in [2.75, 3.05) is 0 Å². The minimum atomic E-state index is -0.272. The lowest BCUT2D eigenvalue weighted by atomic mass is 10.1. The molecule has 0 aliphatic rings. The molecular formula is C22H21FN2O. The fraction of sp³-hybridized carbons (Fsp3) is 0.182. The number of pyridine rings is 1. The molecule has 3 rings (SSSR count). The Hall–Kier alpha value is -3.01. The van der Waals surface area contributed by atoms with E-state index >= 15 is 0 Å².